The van der Waals surface area contributed by atoms with Gasteiger partial charge in [-0.25, -0.2) is 0 Å². The van der Waals surface area contributed by atoms with Crippen molar-refractivity contribution in [3.63, 3.8) is 0 Å². The van der Waals surface area contributed by atoms with Crippen molar-refractivity contribution in [2.75, 3.05) is 26.9 Å². The number of hydrogen-bond acceptors (Lipinski definition) is 3. The summed E-state index contributed by atoms with van der Waals surface area (Å²) in [6.07, 6.45) is -3.95. The fraction of sp³-hybridized carbons (Fsp3) is 0.538. The van der Waals surface area contributed by atoms with Gasteiger partial charge in [0.05, 0.1) is 26.2 Å². The first kappa shape index (κ1) is 16.9. The molecule has 3 nitrogen and oxygen atoms in total. The third kappa shape index (κ3) is 5.88. The maximum Gasteiger partial charge on any atom is 0.411 e. The van der Waals surface area contributed by atoms with Crippen LogP contribution in [0.2, 0.25) is 0 Å². The van der Waals surface area contributed by atoms with E-state index in [2.05, 4.69) is 4.74 Å². The second kappa shape index (κ2) is 8.21. The molecule has 0 aliphatic rings. The molecular formula is C13H16ClF3O3. The maximum atomic E-state index is 11.8. The van der Waals surface area contributed by atoms with Gasteiger partial charge in [-0.3, -0.25) is 0 Å². The van der Waals surface area contributed by atoms with Crippen molar-refractivity contribution in [3.05, 3.63) is 23.8 Å². The van der Waals surface area contributed by atoms with Gasteiger partial charge >= 0.3 is 6.18 Å². The minimum atomic E-state index is -4.30. The highest BCUT2D eigenvalue weighted by molar-refractivity contribution is 6.17. The molecule has 0 bridgehead atoms. The molecule has 0 aliphatic carbocycles. The Morgan fingerprint density at radius 2 is 1.95 bits per heavy atom. The summed E-state index contributed by atoms with van der Waals surface area (Å²) in [6, 6.07) is 5.31. The lowest BCUT2D eigenvalue weighted by atomic mass is 10.2. The van der Waals surface area contributed by atoms with Crippen molar-refractivity contribution < 1.29 is 27.4 Å². The summed E-state index contributed by atoms with van der Waals surface area (Å²) in [5, 5.41) is 0. The van der Waals surface area contributed by atoms with E-state index in [1.54, 1.807) is 18.2 Å². The van der Waals surface area contributed by atoms with Crippen molar-refractivity contribution in [1.29, 1.82) is 0 Å². The number of ether oxygens (including phenoxy) is 3. The third-order valence-corrected chi connectivity index (χ3v) is 2.66. The quantitative estimate of drug-likeness (QED) is 0.540. The van der Waals surface area contributed by atoms with Gasteiger partial charge in [0.2, 0.25) is 0 Å². The van der Waals surface area contributed by atoms with Crippen LogP contribution in [0.25, 0.3) is 0 Å². The molecule has 7 heteroatoms. The van der Waals surface area contributed by atoms with Gasteiger partial charge in [0.1, 0.15) is 6.61 Å². The summed E-state index contributed by atoms with van der Waals surface area (Å²) in [6.45, 7) is -1.04. The van der Waals surface area contributed by atoms with Crippen molar-refractivity contribution in [2.24, 2.45) is 0 Å². The topological polar surface area (TPSA) is 27.7 Å². The highest BCUT2D eigenvalue weighted by atomic mass is 35.5. The van der Waals surface area contributed by atoms with Crippen LogP contribution in [-0.4, -0.2) is 33.1 Å². The Bertz CT molecular complexity index is 388. The molecule has 0 fully saturated rings. The van der Waals surface area contributed by atoms with E-state index >= 15 is 0 Å². The van der Waals surface area contributed by atoms with Crippen LogP contribution in [-0.2, 0) is 10.6 Å². The predicted molar refractivity (Wildman–Crippen MR) is 69.5 cm³/mol. The Labute approximate surface area is 120 Å². The van der Waals surface area contributed by atoms with Crippen molar-refractivity contribution in [2.45, 2.75) is 18.5 Å². The fourth-order valence-electron chi connectivity index (χ4n) is 1.51. The molecule has 114 valence electrons. The highest BCUT2D eigenvalue weighted by Crippen LogP contribution is 2.32. The normalized spacial score (nSPS) is 11.4. The van der Waals surface area contributed by atoms with Gasteiger partial charge in [-0.05, 0) is 6.07 Å². The molecule has 1 rings (SSSR count). The SMILES string of the molecule is COc1cccc(CCl)c1OCCCOCC(F)(F)F. The van der Waals surface area contributed by atoms with E-state index in [1.165, 1.54) is 7.11 Å². The number of halogens is 4. The van der Waals surface area contributed by atoms with Crippen LogP contribution >= 0.6 is 11.6 Å². The molecule has 0 aliphatic heterocycles. The number of hydrogen-bond donors (Lipinski definition) is 0. The molecule has 0 saturated carbocycles. The summed E-state index contributed by atoms with van der Waals surface area (Å²) in [4.78, 5) is 0. The van der Waals surface area contributed by atoms with E-state index in [9.17, 15) is 13.2 Å². The lowest BCUT2D eigenvalue weighted by Gasteiger charge is -2.14. The molecule has 0 spiro atoms. The van der Waals surface area contributed by atoms with E-state index in [4.69, 9.17) is 21.1 Å². The predicted octanol–water partition coefficient (Wildman–Crippen LogP) is 3.78. The molecule has 1 aromatic carbocycles. The molecule has 20 heavy (non-hydrogen) atoms. The summed E-state index contributed by atoms with van der Waals surface area (Å²) < 4.78 is 50.7. The Morgan fingerprint density at radius 1 is 1.20 bits per heavy atom. The number of methoxy groups -OCH3 is 1. The largest absolute Gasteiger partial charge is 0.493 e. The fourth-order valence-corrected chi connectivity index (χ4v) is 1.72. The molecule has 0 aromatic heterocycles. The Hall–Kier alpha value is -1.14. The minimum absolute atomic E-state index is 0.0229. The Kier molecular flexibility index (Phi) is 6.95. The molecule has 0 amide bonds. The van der Waals surface area contributed by atoms with Crippen molar-refractivity contribution in [1.82, 2.24) is 0 Å². The second-order valence-electron chi connectivity index (χ2n) is 3.95. The zero-order valence-electron chi connectivity index (χ0n) is 11.0. The molecule has 0 saturated heterocycles. The first-order valence-electron chi connectivity index (χ1n) is 5.97. The zero-order valence-corrected chi connectivity index (χ0v) is 11.8. The van der Waals surface area contributed by atoms with Crippen LogP contribution in [0.3, 0.4) is 0 Å². The smallest absolute Gasteiger partial charge is 0.411 e. The first-order chi connectivity index (χ1) is 9.48. The molecule has 0 atom stereocenters. The average molecular weight is 313 g/mol. The van der Waals surface area contributed by atoms with Crippen LogP contribution in [0.4, 0.5) is 13.2 Å². The van der Waals surface area contributed by atoms with E-state index in [-0.39, 0.29) is 19.1 Å². The number of benzene rings is 1. The van der Waals surface area contributed by atoms with Crippen LogP contribution in [0.1, 0.15) is 12.0 Å². The summed E-state index contributed by atoms with van der Waals surface area (Å²) in [5.74, 6) is 1.32. The van der Waals surface area contributed by atoms with E-state index < -0.39 is 12.8 Å². The van der Waals surface area contributed by atoms with Gasteiger partial charge < -0.3 is 14.2 Å². The monoisotopic (exact) mass is 312 g/mol. The van der Waals surface area contributed by atoms with Gasteiger partial charge in [-0.15, -0.1) is 11.6 Å². The van der Waals surface area contributed by atoms with Crippen LogP contribution in [0, 0.1) is 0 Å². The molecule has 0 N–H and O–H groups in total. The summed E-state index contributed by atoms with van der Waals surface area (Å²) >= 11 is 5.79. The van der Waals surface area contributed by atoms with Crippen molar-refractivity contribution in [3.8, 4) is 11.5 Å². The number of rotatable bonds is 8. The third-order valence-electron chi connectivity index (χ3n) is 2.37. The van der Waals surface area contributed by atoms with Gasteiger partial charge in [-0.2, -0.15) is 13.2 Å². The zero-order chi connectivity index (χ0) is 15.0. The Balaban J connectivity index is 2.38. The lowest BCUT2D eigenvalue weighted by molar-refractivity contribution is -0.174. The minimum Gasteiger partial charge on any atom is -0.493 e. The average Bonchev–Trinajstić information content (AvgIpc) is 2.41. The molecule has 0 heterocycles. The van der Waals surface area contributed by atoms with Crippen LogP contribution < -0.4 is 9.47 Å². The highest BCUT2D eigenvalue weighted by Gasteiger charge is 2.27. The van der Waals surface area contributed by atoms with Crippen LogP contribution in [0.15, 0.2) is 18.2 Å². The summed E-state index contributed by atoms with van der Waals surface area (Å²) in [5.41, 5.74) is 0.766. The maximum absolute atomic E-state index is 11.8. The molecule has 1 aromatic rings. The molecule has 0 unspecified atom stereocenters. The van der Waals surface area contributed by atoms with Gasteiger partial charge in [-0.1, -0.05) is 12.1 Å². The number of para-hydroxylation sites is 1. The lowest BCUT2D eigenvalue weighted by Crippen LogP contribution is -2.18. The molecular weight excluding hydrogens is 297 g/mol. The van der Waals surface area contributed by atoms with Gasteiger partial charge in [0.25, 0.3) is 0 Å². The standard InChI is InChI=1S/C13H16ClF3O3/c1-18-11-5-2-4-10(8-14)12(11)20-7-3-6-19-9-13(15,16)17/h2,4-5H,3,6-9H2,1H3. The summed E-state index contributed by atoms with van der Waals surface area (Å²) in [7, 11) is 1.51. The Morgan fingerprint density at radius 3 is 2.55 bits per heavy atom. The second-order valence-corrected chi connectivity index (χ2v) is 4.22. The molecule has 0 radical (unpaired) electrons. The number of alkyl halides is 4. The first-order valence-corrected chi connectivity index (χ1v) is 6.50. The van der Waals surface area contributed by atoms with Gasteiger partial charge in [0.15, 0.2) is 11.5 Å². The van der Waals surface area contributed by atoms with Crippen molar-refractivity contribution >= 4 is 11.6 Å². The van der Waals surface area contributed by atoms with Gasteiger partial charge in [0, 0.05) is 12.0 Å². The van der Waals surface area contributed by atoms with Crippen LogP contribution in [0.5, 0.6) is 11.5 Å². The van der Waals surface area contributed by atoms with E-state index in [1.807, 2.05) is 0 Å². The van der Waals surface area contributed by atoms with E-state index in [0.717, 1.165) is 5.56 Å². The van der Waals surface area contributed by atoms with E-state index in [0.29, 0.717) is 17.9 Å².